The Hall–Kier alpha value is -2.89. The van der Waals surface area contributed by atoms with Crippen molar-refractivity contribution >= 4 is 17.8 Å². The van der Waals surface area contributed by atoms with Gasteiger partial charge in [0.05, 0.1) is 6.42 Å². The van der Waals surface area contributed by atoms with Crippen LogP contribution in [0.25, 0.3) is 0 Å². The number of rotatable bonds is 17. The van der Waals surface area contributed by atoms with Crippen LogP contribution in [-0.2, 0) is 14.4 Å². The Labute approximate surface area is 180 Å². The standard InChI is InChI=1S/C24H36N2O4/c1-2-3-4-5-6-7-8-9-10-11-12-13-14-15-16-17-18-19-23(28)26-21(24(29)30)20-22(25)27/h3-4,6-7,9-10,12-13,15-16,21H,2,5,8,11,14,17-20H2,1H3,(H2,25,27)(H,26,28)(H,29,30)/b4-3-,7-6-,10-9-,13-12-,16-15-/t21-/m0/s1. The molecule has 0 aliphatic carbocycles. The molecule has 30 heavy (non-hydrogen) atoms. The first-order valence-corrected chi connectivity index (χ1v) is 10.5. The van der Waals surface area contributed by atoms with Crippen LogP contribution in [0, 0.1) is 0 Å². The van der Waals surface area contributed by atoms with E-state index in [-0.39, 0.29) is 6.42 Å². The topological polar surface area (TPSA) is 109 Å². The van der Waals surface area contributed by atoms with Crippen molar-refractivity contribution in [1.29, 1.82) is 0 Å². The van der Waals surface area contributed by atoms with Crippen molar-refractivity contribution in [3.63, 3.8) is 0 Å². The number of amides is 2. The molecule has 4 N–H and O–H groups in total. The fourth-order valence-electron chi connectivity index (χ4n) is 2.42. The number of carbonyl (C=O) groups excluding carboxylic acids is 2. The number of carbonyl (C=O) groups is 3. The van der Waals surface area contributed by atoms with Gasteiger partial charge in [0.1, 0.15) is 6.04 Å². The molecule has 1 atom stereocenters. The number of nitrogens with one attached hydrogen (secondary N) is 1. The van der Waals surface area contributed by atoms with Crippen molar-refractivity contribution in [2.24, 2.45) is 5.73 Å². The fourth-order valence-corrected chi connectivity index (χ4v) is 2.42. The van der Waals surface area contributed by atoms with Gasteiger partial charge >= 0.3 is 5.97 Å². The molecule has 0 aliphatic rings. The van der Waals surface area contributed by atoms with E-state index in [9.17, 15) is 14.4 Å². The Morgan fingerprint density at radius 2 is 1.30 bits per heavy atom. The zero-order chi connectivity index (χ0) is 22.5. The second kappa shape index (κ2) is 19.4. The first-order chi connectivity index (χ1) is 14.5. The lowest BCUT2D eigenvalue weighted by Crippen LogP contribution is -2.43. The zero-order valence-electron chi connectivity index (χ0n) is 18.0. The van der Waals surface area contributed by atoms with Gasteiger partial charge in [0.25, 0.3) is 0 Å². The average molecular weight is 417 g/mol. The number of unbranched alkanes of at least 4 members (excludes halogenated alkanes) is 1. The van der Waals surface area contributed by atoms with Crippen molar-refractivity contribution < 1.29 is 19.5 Å². The number of hydrogen-bond acceptors (Lipinski definition) is 3. The van der Waals surface area contributed by atoms with Gasteiger partial charge in [0.2, 0.25) is 11.8 Å². The van der Waals surface area contributed by atoms with Crippen molar-refractivity contribution in [2.75, 3.05) is 0 Å². The monoisotopic (exact) mass is 416 g/mol. The largest absolute Gasteiger partial charge is 0.480 e. The summed E-state index contributed by atoms with van der Waals surface area (Å²) in [5.74, 6) is -2.42. The Bertz CT molecular complexity index is 646. The van der Waals surface area contributed by atoms with Gasteiger partial charge in [-0.05, 0) is 44.9 Å². The zero-order valence-corrected chi connectivity index (χ0v) is 18.0. The van der Waals surface area contributed by atoms with Crippen LogP contribution in [-0.4, -0.2) is 28.9 Å². The summed E-state index contributed by atoms with van der Waals surface area (Å²) in [5, 5.41) is 11.3. The lowest BCUT2D eigenvalue weighted by molar-refractivity contribution is -0.143. The quantitative estimate of drug-likeness (QED) is 0.242. The van der Waals surface area contributed by atoms with E-state index in [1.54, 1.807) is 0 Å². The Balaban J connectivity index is 3.78. The summed E-state index contributed by atoms with van der Waals surface area (Å²) >= 11 is 0. The Kier molecular flexibility index (Phi) is 17.6. The minimum absolute atomic E-state index is 0.205. The van der Waals surface area contributed by atoms with Crippen LogP contribution in [0.1, 0.15) is 64.7 Å². The second-order valence-electron chi connectivity index (χ2n) is 6.73. The van der Waals surface area contributed by atoms with Gasteiger partial charge in [-0.25, -0.2) is 4.79 Å². The van der Waals surface area contributed by atoms with E-state index in [1.165, 1.54) is 0 Å². The van der Waals surface area contributed by atoms with Crippen LogP contribution in [0.15, 0.2) is 60.8 Å². The molecule has 166 valence electrons. The molecule has 2 amide bonds. The molecule has 0 unspecified atom stereocenters. The summed E-state index contributed by atoms with van der Waals surface area (Å²) in [6.45, 7) is 2.13. The van der Waals surface area contributed by atoms with Crippen LogP contribution < -0.4 is 11.1 Å². The predicted molar refractivity (Wildman–Crippen MR) is 122 cm³/mol. The molecular weight excluding hydrogens is 380 g/mol. The first-order valence-electron chi connectivity index (χ1n) is 10.5. The highest BCUT2D eigenvalue weighted by molar-refractivity contribution is 5.88. The molecule has 0 aromatic carbocycles. The summed E-state index contributed by atoms with van der Waals surface area (Å²) in [6.07, 6.45) is 27.2. The molecule has 0 radical (unpaired) electrons. The molecular formula is C24H36N2O4. The van der Waals surface area contributed by atoms with Crippen LogP contribution in [0.4, 0.5) is 0 Å². The van der Waals surface area contributed by atoms with Gasteiger partial charge < -0.3 is 16.2 Å². The summed E-state index contributed by atoms with van der Waals surface area (Å²) in [6, 6.07) is -1.26. The number of primary amides is 1. The maximum Gasteiger partial charge on any atom is 0.326 e. The van der Waals surface area contributed by atoms with Crippen LogP contribution in [0.3, 0.4) is 0 Å². The highest BCUT2D eigenvalue weighted by atomic mass is 16.4. The lowest BCUT2D eigenvalue weighted by atomic mass is 10.1. The molecule has 6 nitrogen and oxygen atoms in total. The predicted octanol–water partition coefficient (Wildman–Crippen LogP) is 4.35. The third kappa shape index (κ3) is 18.5. The smallest absolute Gasteiger partial charge is 0.326 e. The van der Waals surface area contributed by atoms with E-state index in [1.807, 2.05) is 12.2 Å². The van der Waals surface area contributed by atoms with E-state index in [0.29, 0.717) is 6.42 Å². The lowest BCUT2D eigenvalue weighted by Gasteiger charge is -2.12. The van der Waals surface area contributed by atoms with Crippen LogP contribution in [0.2, 0.25) is 0 Å². The van der Waals surface area contributed by atoms with Crippen LogP contribution in [0.5, 0.6) is 0 Å². The van der Waals surface area contributed by atoms with Crippen molar-refractivity contribution in [1.82, 2.24) is 5.32 Å². The molecule has 0 bridgehead atoms. The molecule has 0 saturated heterocycles. The summed E-state index contributed by atoms with van der Waals surface area (Å²) in [5.41, 5.74) is 4.97. The molecule has 0 aromatic heterocycles. The minimum atomic E-state index is -1.26. The molecule has 0 fully saturated rings. The van der Waals surface area contributed by atoms with Gasteiger partial charge in [-0.15, -0.1) is 0 Å². The molecule has 0 spiro atoms. The first kappa shape index (κ1) is 27.1. The van der Waals surface area contributed by atoms with E-state index >= 15 is 0 Å². The normalized spacial score (nSPS) is 13.2. The van der Waals surface area contributed by atoms with Crippen LogP contribution >= 0.6 is 0 Å². The molecule has 0 aliphatic heterocycles. The highest BCUT2D eigenvalue weighted by Gasteiger charge is 2.21. The van der Waals surface area contributed by atoms with E-state index in [2.05, 4.69) is 60.8 Å². The SMILES string of the molecule is CC/C=C\C/C=C\C/C=C\C/C=C\C/C=C\CCCC(=O)N[C@@H](CC(N)=O)C(=O)O. The second-order valence-corrected chi connectivity index (χ2v) is 6.73. The number of carboxylic acid groups (broad SMARTS) is 1. The molecule has 0 saturated carbocycles. The molecule has 0 heterocycles. The van der Waals surface area contributed by atoms with Gasteiger partial charge in [0.15, 0.2) is 0 Å². The molecule has 6 heteroatoms. The van der Waals surface area contributed by atoms with E-state index < -0.39 is 30.2 Å². The number of hydrogen-bond donors (Lipinski definition) is 3. The third-order valence-corrected chi connectivity index (χ3v) is 3.97. The fraction of sp³-hybridized carbons (Fsp3) is 0.458. The summed E-state index contributed by atoms with van der Waals surface area (Å²) in [7, 11) is 0. The number of aliphatic carboxylic acids is 1. The van der Waals surface area contributed by atoms with E-state index in [4.69, 9.17) is 10.8 Å². The van der Waals surface area contributed by atoms with Gasteiger partial charge in [-0.1, -0.05) is 67.7 Å². The number of nitrogens with two attached hydrogens (primary N) is 1. The van der Waals surface area contributed by atoms with Crippen molar-refractivity contribution in [3.05, 3.63) is 60.8 Å². The Morgan fingerprint density at radius 1 is 0.833 bits per heavy atom. The minimum Gasteiger partial charge on any atom is -0.480 e. The Morgan fingerprint density at radius 3 is 1.73 bits per heavy atom. The van der Waals surface area contributed by atoms with Crippen molar-refractivity contribution in [3.8, 4) is 0 Å². The van der Waals surface area contributed by atoms with Gasteiger partial charge in [-0.3, -0.25) is 9.59 Å². The summed E-state index contributed by atoms with van der Waals surface area (Å²) < 4.78 is 0. The van der Waals surface area contributed by atoms with E-state index in [0.717, 1.165) is 38.5 Å². The highest BCUT2D eigenvalue weighted by Crippen LogP contribution is 2.01. The van der Waals surface area contributed by atoms with Crippen molar-refractivity contribution in [2.45, 2.75) is 70.8 Å². The number of allylic oxidation sites excluding steroid dienone is 10. The van der Waals surface area contributed by atoms with Gasteiger partial charge in [-0.2, -0.15) is 0 Å². The maximum absolute atomic E-state index is 11.7. The van der Waals surface area contributed by atoms with Gasteiger partial charge in [0, 0.05) is 6.42 Å². The molecule has 0 aromatic rings. The molecule has 0 rings (SSSR count). The summed E-state index contributed by atoms with van der Waals surface area (Å²) in [4.78, 5) is 33.5. The average Bonchev–Trinajstić information content (AvgIpc) is 2.69. The third-order valence-electron chi connectivity index (χ3n) is 3.97. The number of carboxylic acids is 1. The maximum atomic E-state index is 11.7.